The Hall–Kier alpha value is -1.54. The largest absolute Gasteiger partial charge is 0.361 e. The van der Waals surface area contributed by atoms with Gasteiger partial charge in [0, 0.05) is 28.0 Å². The second-order valence-electron chi connectivity index (χ2n) is 4.13. The molecule has 2 heteroatoms. The van der Waals surface area contributed by atoms with Crippen LogP contribution in [0.4, 0.5) is 0 Å². The number of nitrogens with one attached hydrogen (secondary N) is 1. The molecule has 0 amide bonds. The molecule has 1 N–H and O–H groups in total. The first kappa shape index (κ1) is 10.6. The number of rotatable bonds is 2. The highest BCUT2D eigenvalue weighted by Crippen LogP contribution is 2.24. The fraction of sp³-hybridized carbons (Fsp3) is 0.0667. The Morgan fingerprint density at radius 3 is 2.53 bits per heavy atom. The van der Waals surface area contributed by atoms with Crippen LogP contribution >= 0.6 is 15.9 Å². The second-order valence-corrected chi connectivity index (χ2v) is 4.98. The first-order valence-corrected chi connectivity index (χ1v) is 6.42. The van der Waals surface area contributed by atoms with Crippen LogP contribution in [0.3, 0.4) is 0 Å². The molecule has 0 unspecified atom stereocenters. The fourth-order valence-electron chi connectivity index (χ4n) is 2.12. The minimum Gasteiger partial charge on any atom is -0.361 e. The maximum atomic E-state index is 3.60. The summed E-state index contributed by atoms with van der Waals surface area (Å²) in [5, 5.41) is 1.31. The molecule has 0 radical (unpaired) electrons. The summed E-state index contributed by atoms with van der Waals surface area (Å²) in [5.41, 5.74) is 3.86. The van der Waals surface area contributed by atoms with Gasteiger partial charge in [-0.1, -0.05) is 52.3 Å². The maximum Gasteiger partial charge on any atom is 0.0456 e. The van der Waals surface area contributed by atoms with Crippen LogP contribution in [0.15, 0.2) is 59.2 Å². The van der Waals surface area contributed by atoms with E-state index < -0.39 is 0 Å². The van der Waals surface area contributed by atoms with Crippen LogP contribution in [-0.4, -0.2) is 4.98 Å². The van der Waals surface area contributed by atoms with Crippen LogP contribution < -0.4 is 0 Å². The molecule has 0 saturated heterocycles. The monoisotopic (exact) mass is 285 g/mol. The van der Waals surface area contributed by atoms with Gasteiger partial charge in [-0.3, -0.25) is 0 Å². The van der Waals surface area contributed by atoms with Gasteiger partial charge in [0.05, 0.1) is 0 Å². The summed E-state index contributed by atoms with van der Waals surface area (Å²) in [6.07, 6.45) is 3.05. The Balaban J connectivity index is 2.03. The lowest BCUT2D eigenvalue weighted by Gasteiger charge is -2.03. The van der Waals surface area contributed by atoms with Crippen LogP contribution in [0.1, 0.15) is 11.1 Å². The molecule has 1 aromatic heterocycles. The van der Waals surface area contributed by atoms with Gasteiger partial charge in [0.15, 0.2) is 0 Å². The standard InChI is InChI=1S/C15H12BrN/c16-14-7-3-1-5-11(14)9-12-10-17-15-8-4-2-6-13(12)15/h1-8,10,17H,9H2. The quantitative estimate of drug-likeness (QED) is 0.713. The lowest BCUT2D eigenvalue weighted by Crippen LogP contribution is -1.87. The Kier molecular flexibility index (Phi) is 2.73. The molecule has 0 aliphatic heterocycles. The van der Waals surface area contributed by atoms with Crippen molar-refractivity contribution in [2.75, 3.05) is 0 Å². The topological polar surface area (TPSA) is 15.8 Å². The van der Waals surface area contributed by atoms with E-state index in [2.05, 4.69) is 69.6 Å². The smallest absolute Gasteiger partial charge is 0.0456 e. The van der Waals surface area contributed by atoms with E-state index in [4.69, 9.17) is 0 Å². The van der Waals surface area contributed by atoms with Crippen molar-refractivity contribution in [1.29, 1.82) is 0 Å². The van der Waals surface area contributed by atoms with Gasteiger partial charge in [-0.2, -0.15) is 0 Å². The first-order chi connectivity index (χ1) is 8.34. The molecule has 1 nitrogen and oxygen atoms in total. The van der Waals surface area contributed by atoms with E-state index in [0.717, 1.165) is 6.42 Å². The number of fused-ring (bicyclic) bond motifs is 1. The molecule has 0 aliphatic carbocycles. The third kappa shape index (κ3) is 2.01. The lowest BCUT2D eigenvalue weighted by molar-refractivity contribution is 1.19. The summed E-state index contributed by atoms with van der Waals surface area (Å²) in [4.78, 5) is 3.31. The van der Waals surface area contributed by atoms with Crippen LogP contribution in [-0.2, 0) is 6.42 Å². The van der Waals surface area contributed by atoms with Crippen molar-refractivity contribution in [3.63, 3.8) is 0 Å². The lowest BCUT2D eigenvalue weighted by atomic mass is 10.0. The zero-order valence-electron chi connectivity index (χ0n) is 9.28. The van der Waals surface area contributed by atoms with Gasteiger partial charge >= 0.3 is 0 Å². The maximum absolute atomic E-state index is 3.60. The Morgan fingerprint density at radius 2 is 1.65 bits per heavy atom. The van der Waals surface area contributed by atoms with Crippen LogP contribution in [0.5, 0.6) is 0 Å². The Bertz CT molecular complexity index is 655. The van der Waals surface area contributed by atoms with Crippen molar-refractivity contribution in [2.45, 2.75) is 6.42 Å². The number of benzene rings is 2. The number of hydrogen-bond acceptors (Lipinski definition) is 0. The summed E-state index contributed by atoms with van der Waals surface area (Å²) in [5.74, 6) is 0. The molecule has 84 valence electrons. The summed E-state index contributed by atoms with van der Waals surface area (Å²) in [7, 11) is 0. The molecule has 2 aromatic carbocycles. The molecule has 0 saturated carbocycles. The number of H-pyrrole nitrogens is 1. The van der Waals surface area contributed by atoms with Crippen LogP contribution in [0.2, 0.25) is 0 Å². The highest BCUT2D eigenvalue weighted by atomic mass is 79.9. The molecule has 1 heterocycles. The zero-order valence-corrected chi connectivity index (χ0v) is 10.9. The third-order valence-electron chi connectivity index (χ3n) is 3.01. The van der Waals surface area contributed by atoms with E-state index in [-0.39, 0.29) is 0 Å². The van der Waals surface area contributed by atoms with Crippen molar-refractivity contribution in [1.82, 2.24) is 4.98 Å². The average Bonchev–Trinajstić information content (AvgIpc) is 2.76. The average molecular weight is 286 g/mol. The SMILES string of the molecule is Brc1ccccc1Cc1c[nH]c2ccccc12. The highest BCUT2D eigenvalue weighted by molar-refractivity contribution is 9.10. The third-order valence-corrected chi connectivity index (χ3v) is 3.79. The molecule has 0 spiro atoms. The van der Waals surface area contributed by atoms with Gasteiger partial charge in [0.2, 0.25) is 0 Å². The van der Waals surface area contributed by atoms with Crippen molar-refractivity contribution >= 4 is 26.8 Å². The number of halogens is 1. The molecular weight excluding hydrogens is 274 g/mol. The molecule has 3 aromatic rings. The molecule has 17 heavy (non-hydrogen) atoms. The van der Waals surface area contributed by atoms with Crippen LogP contribution in [0, 0.1) is 0 Å². The van der Waals surface area contributed by atoms with Gasteiger partial charge in [0.25, 0.3) is 0 Å². The van der Waals surface area contributed by atoms with Crippen molar-refractivity contribution < 1.29 is 0 Å². The second kappa shape index (κ2) is 4.38. The molecule has 0 bridgehead atoms. The van der Waals surface area contributed by atoms with Gasteiger partial charge in [0.1, 0.15) is 0 Å². The number of hydrogen-bond donors (Lipinski definition) is 1. The summed E-state index contributed by atoms with van der Waals surface area (Å²) in [6, 6.07) is 16.8. The van der Waals surface area contributed by atoms with Gasteiger partial charge in [-0.05, 0) is 23.3 Å². The minimum atomic E-state index is 0.950. The van der Waals surface area contributed by atoms with E-state index in [1.807, 2.05) is 6.07 Å². The molecule has 3 rings (SSSR count). The summed E-state index contributed by atoms with van der Waals surface area (Å²) >= 11 is 3.60. The summed E-state index contributed by atoms with van der Waals surface area (Å²) < 4.78 is 1.17. The highest BCUT2D eigenvalue weighted by Gasteiger charge is 2.05. The molecule has 0 atom stereocenters. The van der Waals surface area contributed by atoms with E-state index in [1.165, 1.54) is 26.5 Å². The molecule has 0 fully saturated rings. The van der Waals surface area contributed by atoms with E-state index in [0.29, 0.717) is 0 Å². The van der Waals surface area contributed by atoms with Gasteiger partial charge in [-0.25, -0.2) is 0 Å². The first-order valence-electron chi connectivity index (χ1n) is 5.63. The van der Waals surface area contributed by atoms with Crippen LogP contribution in [0.25, 0.3) is 10.9 Å². The zero-order chi connectivity index (χ0) is 11.7. The fourth-order valence-corrected chi connectivity index (χ4v) is 2.55. The normalized spacial score (nSPS) is 10.9. The number of aromatic amines is 1. The van der Waals surface area contributed by atoms with Crippen molar-refractivity contribution in [2.24, 2.45) is 0 Å². The van der Waals surface area contributed by atoms with E-state index in [1.54, 1.807) is 0 Å². The predicted octanol–water partition coefficient (Wildman–Crippen LogP) is 4.52. The molecule has 0 aliphatic rings. The van der Waals surface area contributed by atoms with Gasteiger partial charge < -0.3 is 4.98 Å². The summed E-state index contributed by atoms with van der Waals surface area (Å²) in [6.45, 7) is 0. The minimum absolute atomic E-state index is 0.950. The predicted molar refractivity (Wildman–Crippen MR) is 75.2 cm³/mol. The van der Waals surface area contributed by atoms with Crippen molar-refractivity contribution in [3.05, 3.63) is 70.3 Å². The number of para-hydroxylation sites is 1. The number of aromatic nitrogens is 1. The van der Waals surface area contributed by atoms with E-state index >= 15 is 0 Å². The Labute approximate surface area is 109 Å². The van der Waals surface area contributed by atoms with Crippen molar-refractivity contribution in [3.8, 4) is 0 Å². The molecular formula is C15H12BrN. The van der Waals surface area contributed by atoms with E-state index in [9.17, 15) is 0 Å². The Morgan fingerprint density at radius 1 is 0.882 bits per heavy atom. The van der Waals surface area contributed by atoms with Gasteiger partial charge in [-0.15, -0.1) is 0 Å².